The lowest BCUT2D eigenvalue weighted by Crippen LogP contribution is -2.60. The van der Waals surface area contributed by atoms with E-state index in [0.29, 0.717) is 5.76 Å². The SMILES string of the molecule is Cc1cc(O)cc(=O)o1.Cc1cc2oc3cc(O)c(O)c(O[C@@H]4O[C@H](CO)[C@@H](O)[C@H](O)[C@H]4O)c3c2c(=O)o1.OC[C@H]1O[C@@H](Oc2cccc(O)c2O)[C@H](O)[C@@H](O)[C@@H]1O. The minimum absolute atomic E-state index is 0.0206. The molecule has 22 nitrogen and oxygen atoms in total. The molecule has 0 spiro atoms. The number of rotatable bonds is 6. The van der Waals surface area contributed by atoms with Crippen LogP contribution >= 0.6 is 0 Å². The number of aryl methyl sites for hydroxylation is 2. The fourth-order valence-electron chi connectivity index (χ4n) is 5.82. The van der Waals surface area contributed by atoms with E-state index in [2.05, 4.69) is 4.42 Å². The largest absolute Gasteiger partial charge is 0.508 e. The number of phenols is 4. The summed E-state index contributed by atoms with van der Waals surface area (Å²) in [6, 6.07) is 8.84. The average molecular weight is 825 g/mol. The molecule has 5 aromatic rings. The molecule has 58 heavy (non-hydrogen) atoms. The normalized spacial score (nSPS) is 26.9. The van der Waals surface area contributed by atoms with Gasteiger partial charge < -0.3 is 98.6 Å². The molecule has 2 fully saturated rings. The lowest BCUT2D eigenvalue weighted by Gasteiger charge is -2.39. The van der Waals surface area contributed by atoms with E-state index in [4.69, 9.17) is 38.0 Å². The molecule has 13 N–H and O–H groups in total. The van der Waals surface area contributed by atoms with Gasteiger partial charge in [-0.05, 0) is 26.0 Å². The summed E-state index contributed by atoms with van der Waals surface area (Å²) in [6.07, 6.45) is -15.2. The van der Waals surface area contributed by atoms with Crippen molar-refractivity contribution < 1.29 is 98.6 Å². The highest BCUT2D eigenvalue weighted by molar-refractivity contribution is 6.09. The lowest BCUT2D eigenvalue weighted by atomic mass is 9.99. The minimum Gasteiger partial charge on any atom is -0.508 e. The van der Waals surface area contributed by atoms with Gasteiger partial charge in [0.25, 0.3) is 0 Å². The van der Waals surface area contributed by atoms with Crippen LogP contribution in [0.4, 0.5) is 0 Å². The Hall–Kier alpha value is -5.66. The third-order valence-electron chi connectivity index (χ3n) is 8.74. The molecule has 2 aliphatic rings. The molecule has 7 rings (SSSR count). The summed E-state index contributed by atoms with van der Waals surface area (Å²) in [6.45, 7) is 1.86. The van der Waals surface area contributed by atoms with Crippen molar-refractivity contribution in [2.45, 2.75) is 75.3 Å². The number of ether oxygens (including phenoxy) is 4. The number of hydrogen-bond acceptors (Lipinski definition) is 22. The van der Waals surface area contributed by atoms with Crippen LogP contribution in [0.25, 0.3) is 21.9 Å². The summed E-state index contributed by atoms with van der Waals surface area (Å²) in [4.78, 5) is 22.7. The van der Waals surface area contributed by atoms with Gasteiger partial charge in [-0.15, -0.1) is 0 Å². The number of aliphatic hydroxyl groups is 8. The third-order valence-corrected chi connectivity index (χ3v) is 8.74. The molecule has 316 valence electrons. The van der Waals surface area contributed by atoms with Crippen LogP contribution in [-0.4, -0.2) is 141 Å². The van der Waals surface area contributed by atoms with Crippen LogP contribution < -0.4 is 20.7 Å². The van der Waals surface area contributed by atoms with Crippen molar-refractivity contribution >= 4 is 21.9 Å². The predicted octanol–water partition coefficient (Wildman–Crippen LogP) is -1.63. The van der Waals surface area contributed by atoms with Crippen LogP contribution in [0.2, 0.25) is 0 Å². The van der Waals surface area contributed by atoms with Crippen molar-refractivity contribution in [3.8, 4) is 40.2 Å². The first-order chi connectivity index (χ1) is 27.4. The van der Waals surface area contributed by atoms with Gasteiger partial charge in [-0.3, -0.25) is 0 Å². The molecular formula is C36H40O22. The number of furan rings is 1. The Kier molecular flexibility index (Phi) is 13.4. The molecular weight excluding hydrogens is 784 g/mol. The van der Waals surface area contributed by atoms with Gasteiger partial charge in [0, 0.05) is 18.2 Å². The second-order valence-corrected chi connectivity index (χ2v) is 12.9. The zero-order chi connectivity index (χ0) is 42.7. The summed E-state index contributed by atoms with van der Waals surface area (Å²) in [5, 5.41) is 125. The van der Waals surface area contributed by atoms with E-state index in [0.717, 1.165) is 12.1 Å². The summed E-state index contributed by atoms with van der Waals surface area (Å²) < 4.78 is 36.2. The Bertz CT molecular complexity index is 2290. The first-order valence-corrected chi connectivity index (χ1v) is 17.0. The molecule has 0 amide bonds. The standard InChI is InChI=1S/C18H18O11.C12H16O8.C6H6O3/c1-5-2-7-11(17(25)26-5)10-8(27-7)3-6(20)12(21)16(10)29-18-15(24)14(23)13(22)9(4-19)28-18;13-4-7-9(16)10(17)11(18)12(20-7)19-6-3-1-2-5(14)8(6)15;1-4-2-5(7)3-6(8)9-4/h2-3,9,13-15,18-24H,4H2,1H3;1-3,7,9-18H,4H2;2-3,7H,1H3/t9-,13-,14+,15-,18+;7-,9-,10+,11-,12-;/m11./s1. The molecule has 22 heteroatoms. The van der Waals surface area contributed by atoms with Gasteiger partial charge in [0.2, 0.25) is 24.1 Å². The molecule has 2 saturated heterocycles. The van der Waals surface area contributed by atoms with Crippen molar-refractivity contribution in [2.24, 2.45) is 0 Å². The number of fused-ring (bicyclic) bond motifs is 3. The fraction of sp³-hybridized carbons (Fsp3) is 0.389. The van der Waals surface area contributed by atoms with Crippen LogP contribution in [0.1, 0.15) is 11.5 Å². The Morgan fingerprint density at radius 2 is 1.14 bits per heavy atom. The molecule has 3 aromatic heterocycles. The van der Waals surface area contributed by atoms with Gasteiger partial charge in [0.15, 0.2) is 23.0 Å². The molecule has 0 aliphatic carbocycles. The Morgan fingerprint density at radius 1 is 0.586 bits per heavy atom. The number of aromatic hydroxyl groups is 5. The molecule has 0 saturated carbocycles. The van der Waals surface area contributed by atoms with E-state index in [1.165, 1.54) is 37.3 Å². The first kappa shape index (κ1) is 43.5. The van der Waals surface area contributed by atoms with Gasteiger partial charge in [0.05, 0.1) is 24.7 Å². The lowest BCUT2D eigenvalue weighted by molar-refractivity contribution is -0.277. The number of benzene rings is 2. The van der Waals surface area contributed by atoms with Crippen LogP contribution in [-0.2, 0) is 9.47 Å². The molecule has 2 aromatic carbocycles. The smallest absolute Gasteiger partial charge is 0.347 e. The quantitative estimate of drug-likeness (QED) is 0.0855. The second-order valence-electron chi connectivity index (χ2n) is 12.9. The summed E-state index contributed by atoms with van der Waals surface area (Å²) in [5.74, 6) is -2.41. The van der Waals surface area contributed by atoms with E-state index < -0.39 is 115 Å². The molecule has 10 atom stereocenters. The summed E-state index contributed by atoms with van der Waals surface area (Å²) >= 11 is 0. The van der Waals surface area contributed by atoms with Crippen molar-refractivity contribution in [3.63, 3.8) is 0 Å². The number of hydrogen-bond donors (Lipinski definition) is 13. The maximum atomic E-state index is 12.4. The summed E-state index contributed by atoms with van der Waals surface area (Å²) in [7, 11) is 0. The highest BCUT2D eigenvalue weighted by atomic mass is 16.7. The summed E-state index contributed by atoms with van der Waals surface area (Å²) in [5.41, 5.74) is -1.22. The Morgan fingerprint density at radius 3 is 1.69 bits per heavy atom. The second kappa shape index (κ2) is 17.9. The van der Waals surface area contributed by atoms with Crippen molar-refractivity contribution in [1.29, 1.82) is 0 Å². The zero-order valence-electron chi connectivity index (χ0n) is 30.2. The van der Waals surface area contributed by atoms with Crippen LogP contribution in [0.3, 0.4) is 0 Å². The van der Waals surface area contributed by atoms with Crippen LogP contribution in [0.15, 0.2) is 65.3 Å². The van der Waals surface area contributed by atoms with Crippen LogP contribution in [0.5, 0.6) is 40.2 Å². The molecule has 2 aliphatic heterocycles. The highest BCUT2D eigenvalue weighted by Crippen LogP contribution is 2.46. The Balaban J connectivity index is 0.000000190. The van der Waals surface area contributed by atoms with E-state index in [1.54, 1.807) is 6.92 Å². The fourth-order valence-corrected chi connectivity index (χ4v) is 5.82. The minimum atomic E-state index is -1.78. The van der Waals surface area contributed by atoms with Crippen molar-refractivity contribution in [2.75, 3.05) is 13.2 Å². The van der Waals surface area contributed by atoms with Gasteiger partial charge in [-0.1, -0.05) is 6.07 Å². The monoisotopic (exact) mass is 824 g/mol. The number of phenolic OH excluding ortho intramolecular Hbond substituents is 4. The third kappa shape index (κ3) is 9.05. The van der Waals surface area contributed by atoms with Gasteiger partial charge in [0.1, 0.15) is 82.7 Å². The van der Waals surface area contributed by atoms with Gasteiger partial charge in [-0.25, -0.2) is 9.59 Å². The van der Waals surface area contributed by atoms with E-state index >= 15 is 0 Å². The van der Waals surface area contributed by atoms with Crippen LogP contribution in [0, 0.1) is 13.8 Å². The molecule has 0 bridgehead atoms. The molecule has 0 radical (unpaired) electrons. The topological polar surface area (TPSA) is 373 Å². The number of para-hydroxylation sites is 1. The first-order valence-electron chi connectivity index (χ1n) is 17.0. The zero-order valence-corrected chi connectivity index (χ0v) is 30.2. The van der Waals surface area contributed by atoms with E-state index in [9.17, 15) is 65.8 Å². The van der Waals surface area contributed by atoms with E-state index in [-0.39, 0.29) is 39.2 Å². The maximum absolute atomic E-state index is 12.4. The predicted molar refractivity (Wildman–Crippen MR) is 190 cm³/mol. The average Bonchev–Trinajstić information content (AvgIpc) is 3.53. The molecule has 5 heterocycles. The van der Waals surface area contributed by atoms with Crippen molar-refractivity contribution in [1.82, 2.24) is 0 Å². The van der Waals surface area contributed by atoms with E-state index in [1.807, 2.05) is 0 Å². The van der Waals surface area contributed by atoms with Crippen molar-refractivity contribution in [3.05, 3.63) is 74.8 Å². The number of aliphatic hydroxyl groups excluding tert-OH is 8. The van der Waals surface area contributed by atoms with Gasteiger partial charge in [-0.2, -0.15) is 0 Å². The highest BCUT2D eigenvalue weighted by Gasteiger charge is 2.46. The molecule has 0 unspecified atom stereocenters. The van der Waals surface area contributed by atoms with Gasteiger partial charge >= 0.3 is 11.3 Å². The Labute approximate surface area is 324 Å². The maximum Gasteiger partial charge on any atom is 0.347 e.